The molecule has 0 spiro atoms. The third-order valence-electron chi connectivity index (χ3n) is 5.28. The minimum absolute atomic E-state index is 0.0774. The van der Waals surface area contributed by atoms with Crippen LogP contribution in [0.5, 0.6) is 0 Å². The molecule has 0 aliphatic heterocycles. The van der Waals surface area contributed by atoms with Crippen LogP contribution in [0, 0.1) is 0 Å². The maximum Gasteiger partial charge on any atom is 0.287 e. The smallest absolute Gasteiger partial charge is 0.287 e. The van der Waals surface area contributed by atoms with Crippen LogP contribution in [0.2, 0.25) is 5.15 Å². The van der Waals surface area contributed by atoms with Crippen molar-refractivity contribution in [3.63, 3.8) is 0 Å². The van der Waals surface area contributed by atoms with Gasteiger partial charge in [-0.25, -0.2) is 9.97 Å². The molecule has 26 heavy (non-hydrogen) atoms. The van der Waals surface area contributed by atoms with Crippen LogP contribution in [-0.2, 0) is 11.2 Å². The minimum Gasteiger partial charge on any atom is -0.455 e. The number of furan rings is 1. The molecule has 0 aromatic carbocycles. The number of nitrogens with one attached hydrogen (secondary N) is 1. The lowest BCUT2D eigenvalue weighted by molar-refractivity contribution is -0.0958. The summed E-state index contributed by atoms with van der Waals surface area (Å²) < 4.78 is 11.5. The van der Waals surface area contributed by atoms with Gasteiger partial charge in [0, 0.05) is 11.6 Å². The first-order valence-corrected chi connectivity index (χ1v) is 10.1. The third kappa shape index (κ3) is 2.37. The van der Waals surface area contributed by atoms with Crippen LogP contribution in [0.25, 0.3) is 11.1 Å². The van der Waals surface area contributed by atoms with Crippen molar-refractivity contribution in [3.05, 3.63) is 47.0 Å². The average molecular weight is 390 g/mol. The molecule has 0 radical (unpaired) electrons. The van der Waals surface area contributed by atoms with E-state index < -0.39 is 0 Å². The summed E-state index contributed by atoms with van der Waals surface area (Å²) >= 11 is 7.56. The van der Waals surface area contributed by atoms with E-state index in [9.17, 15) is 4.79 Å². The largest absolute Gasteiger partial charge is 0.455 e. The normalized spacial score (nSPS) is 26.4. The van der Waals surface area contributed by atoms with E-state index >= 15 is 0 Å². The van der Waals surface area contributed by atoms with Crippen LogP contribution in [0.15, 0.2) is 33.2 Å². The Hall–Kier alpha value is -1.99. The van der Waals surface area contributed by atoms with E-state index in [0.717, 1.165) is 30.8 Å². The quantitative estimate of drug-likeness (QED) is 0.666. The molecule has 3 aromatic rings. The number of thioether (sulfide) groups is 1. The van der Waals surface area contributed by atoms with E-state index in [1.807, 2.05) is 12.3 Å². The summed E-state index contributed by atoms with van der Waals surface area (Å²) in [5.74, 6) is 2.51. The summed E-state index contributed by atoms with van der Waals surface area (Å²) in [6.07, 6.45) is 6.12. The lowest BCUT2D eigenvalue weighted by Gasteiger charge is -2.68. The number of nitrogens with zero attached hydrogens (tertiary/aromatic N) is 2. The van der Waals surface area contributed by atoms with E-state index in [1.165, 1.54) is 0 Å². The molecule has 3 aliphatic rings. The van der Waals surface area contributed by atoms with E-state index in [4.69, 9.17) is 20.4 Å². The standard InChI is InChI=1S/C18H16ClN3O3S/c1-26-6-10-2-3-12(24-10)15(23)22-18-7-17(8-18,9-18)16-21-11-5-20-14(19)4-13(11)25-16/h2-5H,6-9H2,1H3,(H,22,23). The second kappa shape index (κ2) is 5.50. The molecule has 1 amide bonds. The van der Waals surface area contributed by atoms with Crippen LogP contribution in [-0.4, -0.2) is 27.7 Å². The topological polar surface area (TPSA) is 81.2 Å². The Bertz CT molecular complexity index is 1010. The summed E-state index contributed by atoms with van der Waals surface area (Å²) in [5, 5.41) is 3.52. The van der Waals surface area contributed by atoms with Crippen molar-refractivity contribution in [3.8, 4) is 0 Å². The molecule has 3 saturated carbocycles. The van der Waals surface area contributed by atoms with Crippen LogP contribution in [0.1, 0.15) is 41.5 Å². The minimum atomic E-state index is -0.167. The first kappa shape index (κ1) is 16.2. The number of amides is 1. The Balaban J connectivity index is 1.28. The van der Waals surface area contributed by atoms with E-state index in [2.05, 4.69) is 15.3 Å². The molecule has 0 saturated heterocycles. The number of halogens is 1. The second-order valence-corrected chi connectivity index (χ2v) is 8.49. The summed E-state index contributed by atoms with van der Waals surface area (Å²) in [6.45, 7) is 0. The first-order valence-electron chi connectivity index (χ1n) is 8.34. The molecule has 134 valence electrons. The van der Waals surface area contributed by atoms with Crippen LogP contribution in [0.3, 0.4) is 0 Å². The Morgan fingerprint density at radius 1 is 1.35 bits per heavy atom. The van der Waals surface area contributed by atoms with Gasteiger partial charge in [0.1, 0.15) is 16.4 Å². The molecule has 3 heterocycles. The average Bonchev–Trinajstić information content (AvgIpc) is 3.16. The van der Waals surface area contributed by atoms with Gasteiger partial charge >= 0.3 is 0 Å². The molecule has 0 atom stereocenters. The summed E-state index contributed by atoms with van der Waals surface area (Å²) in [7, 11) is 0. The third-order valence-corrected chi connectivity index (χ3v) is 6.06. The van der Waals surface area contributed by atoms with E-state index in [0.29, 0.717) is 27.9 Å². The number of fused-ring (bicyclic) bond motifs is 1. The van der Waals surface area contributed by atoms with Crippen molar-refractivity contribution < 1.29 is 13.6 Å². The molecule has 3 aromatic heterocycles. The van der Waals surface area contributed by atoms with Gasteiger partial charge in [0.05, 0.1) is 17.4 Å². The van der Waals surface area contributed by atoms with Crippen molar-refractivity contribution >= 4 is 40.4 Å². The van der Waals surface area contributed by atoms with Gasteiger partial charge in [-0.3, -0.25) is 4.79 Å². The highest BCUT2D eigenvalue weighted by molar-refractivity contribution is 7.97. The van der Waals surface area contributed by atoms with Crippen molar-refractivity contribution in [2.45, 2.75) is 36.0 Å². The highest BCUT2D eigenvalue weighted by atomic mass is 35.5. The molecule has 8 heteroatoms. The molecule has 1 N–H and O–H groups in total. The monoisotopic (exact) mass is 389 g/mol. The van der Waals surface area contributed by atoms with Crippen molar-refractivity contribution in [2.75, 3.05) is 6.26 Å². The number of carbonyl (C=O) groups excluding carboxylic acids is 1. The molecular formula is C18H16ClN3O3S. The molecule has 6 nitrogen and oxygen atoms in total. The number of carbonyl (C=O) groups is 1. The predicted molar refractivity (Wildman–Crippen MR) is 98.5 cm³/mol. The number of rotatable bonds is 5. The zero-order valence-corrected chi connectivity index (χ0v) is 15.6. The predicted octanol–water partition coefficient (Wildman–Crippen LogP) is 3.94. The fraction of sp³-hybridized carbons (Fsp3) is 0.389. The number of hydrogen-bond donors (Lipinski definition) is 1. The molecule has 3 fully saturated rings. The van der Waals surface area contributed by atoms with Crippen LogP contribution >= 0.6 is 23.4 Å². The van der Waals surface area contributed by atoms with Gasteiger partial charge in [-0.1, -0.05) is 11.6 Å². The number of hydrogen-bond acceptors (Lipinski definition) is 6. The Morgan fingerprint density at radius 2 is 2.15 bits per heavy atom. The van der Waals surface area contributed by atoms with Crippen LogP contribution < -0.4 is 5.32 Å². The highest BCUT2D eigenvalue weighted by Gasteiger charge is 2.71. The summed E-state index contributed by atoms with van der Waals surface area (Å²) in [4.78, 5) is 21.0. The fourth-order valence-corrected chi connectivity index (χ4v) is 4.79. The number of oxazole rings is 1. The van der Waals surface area contributed by atoms with Crippen LogP contribution in [0.4, 0.5) is 0 Å². The summed E-state index contributed by atoms with van der Waals surface area (Å²) in [6, 6.07) is 5.27. The zero-order chi connectivity index (χ0) is 17.9. The Kier molecular flexibility index (Phi) is 3.43. The summed E-state index contributed by atoms with van der Waals surface area (Å²) in [5.41, 5.74) is 1.12. The fourth-order valence-electron chi connectivity index (χ4n) is 4.20. The Morgan fingerprint density at radius 3 is 2.92 bits per heavy atom. The number of pyridine rings is 1. The maximum absolute atomic E-state index is 12.4. The van der Waals surface area contributed by atoms with Gasteiger partial charge in [-0.2, -0.15) is 11.8 Å². The molecular weight excluding hydrogens is 374 g/mol. The highest BCUT2D eigenvalue weighted by Crippen LogP contribution is 2.67. The van der Waals surface area contributed by atoms with E-state index in [-0.39, 0.29) is 16.9 Å². The first-order chi connectivity index (χ1) is 12.5. The van der Waals surface area contributed by atoms with Gasteiger partial charge in [-0.15, -0.1) is 0 Å². The maximum atomic E-state index is 12.4. The van der Waals surface area contributed by atoms with E-state index in [1.54, 1.807) is 30.1 Å². The zero-order valence-electron chi connectivity index (χ0n) is 14.0. The van der Waals surface area contributed by atoms with Crippen molar-refractivity contribution in [1.29, 1.82) is 0 Å². The number of aromatic nitrogens is 2. The second-order valence-electron chi connectivity index (χ2n) is 7.24. The molecule has 3 aliphatic carbocycles. The van der Waals surface area contributed by atoms with Gasteiger partial charge in [0.2, 0.25) is 5.89 Å². The van der Waals surface area contributed by atoms with Gasteiger partial charge in [0.15, 0.2) is 11.3 Å². The van der Waals surface area contributed by atoms with Gasteiger partial charge in [0.25, 0.3) is 5.91 Å². The van der Waals surface area contributed by atoms with Crippen molar-refractivity contribution in [1.82, 2.24) is 15.3 Å². The lowest BCUT2D eigenvalue weighted by atomic mass is 9.39. The lowest BCUT2D eigenvalue weighted by Crippen LogP contribution is -2.76. The van der Waals surface area contributed by atoms with Gasteiger partial charge < -0.3 is 14.2 Å². The molecule has 2 bridgehead atoms. The van der Waals surface area contributed by atoms with Crippen molar-refractivity contribution in [2.24, 2.45) is 0 Å². The molecule has 0 unspecified atom stereocenters. The SMILES string of the molecule is CSCc1ccc(C(=O)NC23CC(c4nc5cnc(Cl)cc5o4)(C2)C3)o1. The van der Waals surface area contributed by atoms with Gasteiger partial charge in [-0.05, 0) is 37.7 Å². The molecule has 6 rings (SSSR count). The Labute approximate surface area is 158 Å².